The molecule has 2 aromatic rings. The second kappa shape index (κ2) is 9.39. The van der Waals surface area contributed by atoms with E-state index in [1.807, 2.05) is 62.4 Å². The smallest absolute Gasteiger partial charge is 0.278 e. The van der Waals surface area contributed by atoms with Crippen molar-refractivity contribution in [1.29, 1.82) is 0 Å². The van der Waals surface area contributed by atoms with Crippen molar-refractivity contribution in [3.05, 3.63) is 65.4 Å². The van der Waals surface area contributed by atoms with Gasteiger partial charge in [-0.25, -0.2) is 0 Å². The van der Waals surface area contributed by atoms with Crippen molar-refractivity contribution in [2.75, 3.05) is 32.2 Å². The Morgan fingerprint density at radius 3 is 2.34 bits per heavy atom. The van der Waals surface area contributed by atoms with E-state index in [2.05, 4.69) is 5.32 Å². The third-order valence-electron chi connectivity index (χ3n) is 4.71. The summed E-state index contributed by atoms with van der Waals surface area (Å²) in [6, 6.07) is 14.9. The van der Waals surface area contributed by atoms with Crippen LogP contribution in [0.3, 0.4) is 0 Å². The minimum absolute atomic E-state index is 0.203. The standard InChI is InChI=1S/C23H26N2O4/c1-4-14-29-18-11-9-17(10-12-18)20-21(24-19-8-6-5-7-16(19)2)23(27)25(22(20)26)13-15-28-3/h5-12,24H,4,13-15H2,1-3H3. The molecule has 0 unspecified atom stereocenters. The molecule has 0 saturated carbocycles. The van der Waals surface area contributed by atoms with Gasteiger partial charge in [-0.15, -0.1) is 0 Å². The molecule has 6 heteroatoms. The highest BCUT2D eigenvalue weighted by atomic mass is 16.5. The SMILES string of the molecule is CCCOc1ccc(C2=C(Nc3ccccc3C)C(=O)N(CCOC)C2=O)cc1. The van der Waals surface area contributed by atoms with E-state index in [0.29, 0.717) is 17.7 Å². The van der Waals surface area contributed by atoms with Gasteiger partial charge >= 0.3 is 0 Å². The van der Waals surface area contributed by atoms with Crippen molar-refractivity contribution >= 4 is 23.1 Å². The molecule has 0 aliphatic carbocycles. The van der Waals surface area contributed by atoms with Gasteiger partial charge in [0.25, 0.3) is 11.8 Å². The highest BCUT2D eigenvalue weighted by Crippen LogP contribution is 2.32. The van der Waals surface area contributed by atoms with E-state index in [0.717, 1.165) is 23.4 Å². The molecular formula is C23H26N2O4. The quantitative estimate of drug-likeness (QED) is 0.658. The Hall–Kier alpha value is -3.12. The molecule has 0 saturated heterocycles. The number of para-hydroxylation sites is 1. The van der Waals surface area contributed by atoms with Crippen LogP contribution < -0.4 is 10.1 Å². The van der Waals surface area contributed by atoms with Gasteiger partial charge < -0.3 is 14.8 Å². The lowest BCUT2D eigenvalue weighted by Gasteiger charge is -2.15. The zero-order valence-corrected chi connectivity index (χ0v) is 17.0. The van der Waals surface area contributed by atoms with E-state index in [1.54, 1.807) is 7.11 Å². The maximum atomic E-state index is 13.1. The van der Waals surface area contributed by atoms with E-state index in [4.69, 9.17) is 9.47 Å². The van der Waals surface area contributed by atoms with Gasteiger partial charge in [0, 0.05) is 12.8 Å². The molecule has 0 atom stereocenters. The second-order valence-electron chi connectivity index (χ2n) is 6.82. The van der Waals surface area contributed by atoms with Gasteiger partial charge in [-0.3, -0.25) is 14.5 Å². The number of amides is 2. The van der Waals surface area contributed by atoms with Gasteiger partial charge in [-0.05, 0) is 42.7 Å². The molecule has 152 valence electrons. The van der Waals surface area contributed by atoms with Crippen LogP contribution in [0.25, 0.3) is 5.57 Å². The van der Waals surface area contributed by atoms with Gasteiger partial charge in [0.15, 0.2) is 0 Å². The lowest BCUT2D eigenvalue weighted by molar-refractivity contribution is -0.137. The number of carbonyl (C=O) groups is 2. The number of methoxy groups -OCH3 is 1. The number of ether oxygens (including phenoxy) is 2. The molecule has 0 bridgehead atoms. The van der Waals surface area contributed by atoms with Gasteiger partial charge in [0.1, 0.15) is 11.4 Å². The Morgan fingerprint density at radius 2 is 1.69 bits per heavy atom. The lowest BCUT2D eigenvalue weighted by atomic mass is 10.0. The first-order valence-corrected chi connectivity index (χ1v) is 9.72. The average Bonchev–Trinajstić information content (AvgIpc) is 2.96. The molecule has 0 radical (unpaired) electrons. The summed E-state index contributed by atoms with van der Waals surface area (Å²) in [5, 5.41) is 3.19. The lowest BCUT2D eigenvalue weighted by Crippen LogP contribution is -2.35. The van der Waals surface area contributed by atoms with Gasteiger partial charge in [-0.1, -0.05) is 37.3 Å². The number of hydrogen-bond donors (Lipinski definition) is 1. The van der Waals surface area contributed by atoms with Crippen molar-refractivity contribution in [2.24, 2.45) is 0 Å². The molecule has 1 N–H and O–H groups in total. The summed E-state index contributed by atoms with van der Waals surface area (Å²) >= 11 is 0. The van der Waals surface area contributed by atoms with E-state index in [9.17, 15) is 9.59 Å². The summed E-state index contributed by atoms with van der Waals surface area (Å²) in [5.74, 6) is 0.0552. The Balaban J connectivity index is 1.98. The third kappa shape index (κ3) is 4.49. The summed E-state index contributed by atoms with van der Waals surface area (Å²) in [4.78, 5) is 27.3. The molecule has 1 heterocycles. The van der Waals surface area contributed by atoms with Crippen molar-refractivity contribution in [1.82, 2.24) is 4.90 Å². The topological polar surface area (TPSA) is 67.9 Å². The molecule has 0 fully saturated rings. The molecular weight excluding hydrogens is 368 g/mol. The first kappa shape index (κ1) is 20.6. The highest BCUT2D eigenvalue weighted by Gasteiger charge is 2.39. The summed E-state index contributed by atoms with van der Waals surface area (Å²) in [7, 11) is 1.54. The van der Waals surface area contributed by atoms with Crippen LogP contribution in [0.1, 0.15) is 24.5 Å². The zero-order chi connectivity index (χ0) is 20.8. The van der Waals surface area contributed by atoms with Crippen molar-refractivity contribution in [2.45, 2.75) is 20.3 Å². The average molecular weight is 394 g/mol. The van der Waals surface area contributed by atoms with Crippen LogP contribution in [0, 0.1) is 6.92 Å². The fraction of sp³-hybridized carbons (Fsp3) is 0.304. The molecule has 0 aromatic heterocycles. The number of carbonyl (C=O) groups excluding carboxylic acids is 2. The number of nitrogens with zero attached hydrogens (tertiary/aromatic N) is 1. The summed E-state index contributed by atoms with van der Waals surface area (Å²) in [6.45, 7) is 5.11. The Bertz CT molecular complexity index is 919. The molecule has 2 amide bonds. The first-order valence-electron chi connectivity index (χ1n) is 9.72. The van der Waals surface area contributed by atoms with Crippen LogP contribution in [0.5, 0.6) is 5.75 Å². The predicted octanol–water partition coefficient (Wildman–Crippen LogP) is 3.62. The normalized spacial score (nSPS) is 14.0. The maximum absolute atomic E-state index is 13.1. The largest absolute Gasteiger partial charge is 0.494 e. The molecule has 0 spiro atoms. The molecule has 2 aromatic carbocycles. The van der Waals surface area contributed by atoms with Crippen molar-refractivity contribution in [3.63, 3.8) is 0 Å². The van der Waals surface area contributed by atoms with Crippen LogP contribution in [-0.4, -0.2) is 43.6 Å². The number of nitrogens with one attached hydrogen (secondary N) is 1. The molecule has 3 rings (SSSR count). The second-order valence-corrected chi connectivity index (χ2v) is 6.82. The predicted molar refractivity (Wildman–Crippen MR) is 113 cm³/mol. The first-order chi connectivity index (χ1) is 14.1. The fourth-order valence-electron chi connectivity index (χ4n) is 3.13. The summed E-state index contributed by atoms with van der Waals surface area (Å²) < 4.78 is 10.7. The molecule has 29 heavy (non-hydrogen) atoms. The number of aryl methyl sites for hydroxylation is 1. The van der Waals surface area contributed by atoms with Crippen LogP contribution in [0.2, 0.25) is 0 Å². The van der Waals surface area contributed by atoms with Crippen molar-refractivity contribution in [3.8, 4) is 5.75 Å². The highest BCUT2D eigenvalue weighted by molar-refractivity contribution is 6.36. The van der Waals surface area contributed by atoms with E-state index < -0.39 is 0 Å². The minimum Gasteiger partial charge on any atom is -0.494 e. The molecule has 1 aliphatic rings. The fourth-order valence-corrected chi connectivity index (χ4v) is 3.13. The Kier molecular flexibility index (Phi) is 6.67. The molecule has 1 aliphatic heterocycles. The van der Waals surface area contributed by atoms with E-state index >= 15 is 0 Å². The van der Waals surface area contributed by atoms with E-state index in [1.165, 1.54) is 4.90 Å². The molecule has 6 nitrogen and oxygen atoms in total. The minimum atomic E-state index is -0.350. The van der Waals surface area contributed by atoms with E-state index in [-0.39, 0.29) is 30.7 Å². The number of rotatable bonds is 9. The van der Waals surface area contributed by atoms with Gasteiger partial charge in [-0.2, -0.15) is 0 Å². The maximum Gasteiger partial charge on any atom is 0.278 e. The Labute approximate surface area is 171 Å². The summed E-state index contributed by atoms with van der Waals surface area (Å²) in [5.41, 5.74) is 3.08. The van der Waals surface area contributed by atoms with Crippen LogP contribution >= 0.6 is 0 Å². The van der Waals surface area contributed by atoms with Crippen LogP contribution in [0.15, 0.2) is 54.2 Å². The van der Waals surface area contributed by atoms with Crippen LogP contribution in [0.4, 0.5) is 5.69 Å². The summed E-state index contributed by atoms with van der Waals surface area (Å²) in [6.07, 6.45) is 0.916. The van der Waals surface area contributed by atoms with Crippen LogP contribution in [-0.2, 0) is 14.3 Å². The third-order valence-corrected chi connectivity index (χ3v) is 4.71. The van der Waals surface area contributed by atoms with Crippen molar-refractivity contribution < 1.29 is 19.1 Å². The van der Waals surface area contributed by atoms with Gasteiger partial charge in [0.2, 0.25) is 0 Å². The monoisotopic (exact) mass is 394 g/mol. The number of anilines is 1. The number of imide groups is 1. The number of hydrogen-bond acceptors (Lipinski definition) is 5. The zero-order valence-electron chi connectivity index (χ0n) is 17.0. The number of benzene rings is 2. The Morgan fingerprint density at radius 1 is 0.966 bits per heavy atom. The van der Waals surface area contributed by atoms with Gasteiger partial charge in [0.05, 0.1) is 25.3 Å².